The molecule has 0 spiro atoms. The molecule has 1 aromatic carbocycles. The third-order valence-corrected chi connectivity index (χ3v) is 4.43. The fraction of sp³-hybridized carbons (Fsp3) is 0.533. The number of rotatable bonds is 4. The highest BCUT2D eigenvalue weighted by Crippen LogP contribution is 2.43. The van der Waals surface area contributed by atoms with Gasteiger partial charge in [0, 0.05) is 12.0 Å². The van der Waals surface area contributed by atoms with E-state index in [0.29, 0.717) is 19.1 Å². The summed E-state index contributed by atoms with van der Waals surface area (Å²) in [7, 11) is 0. The molecule has 3 rings (SSSR count). The van der Waals surface area contributed by atoms with Crippen LogP contribution in [-0.2, 0) is 10.2 Å². The van der Waals surface area contributed by atoms with E-state index in [2.05, 4.69) is 35.9 Å². The zero-order valence-corrected chi connectivity index (χ0v) is 11.4. The maximum absolute atomic E-state index is 9.76. The molecule has 0 saturated carbocycles. The van der Waals surface area contributed by atoms with Crippen molar-refractivity contribution in [2.45, 2.75) is 19.3 Å². The van der Waals surface area contributed by atoms with E-state index in [1.54, 1.807) is 6.33 Å². The molecule has 102 valence electrons. The van der Waals surface area contributed by atoms with Gasteiger partial charge in [-0.2, -0.15) is 0 Å². The number of imidazole rings is 1. The predicted molar refractivity (Wildman–Crippen MR) is 74.0 cm³/mol. The fourth-order valence-electron chi connectivity index (χ4n) is 3.19. The van der Waals surface area contributed by atoms with Crippen LogP contribution in [0.2, 0.25) is 0 Å². The molecule has 1 aliphatic heterocycles. The molecule has 0 aliphatic carbocycles. The lowest BCUT2D eigenvalue weighted by Crippen LogP contribution is -2.55. The number of nitrogens with zero attached hydrogens (tertiary/aromatic N) is 1. The molecule has 1 aromatic heterocycles. The highest BCUT2D eigenvalue weighted by atomic mass is 16.5. The van der Waals surface area contributed by atoms with Gasteiger partial charge in [-0.1, -0.05) is 19.9 Å². The number of aliphatic hydroxyl groups is 1. The Labute approximate surface area is 112 Å². The third-order valence-electron chi connectivity index (χ3n) is 4.43. The van der Waals surface area contributed by atoms with Crippen molar-refractivity contribution >= 4 is 11.0 Å². The summed E-state index contributed by atoms with van der Waals surface area (Å²) in [6.45, 7) is 5.90. The van der Waals surface area contributed by atoms with Gasteiger partial charge in [0.15, 0.2) is 0 Å². The van der Waals surface area contributed by atoms with Gasteiger partial charge in [0.1, 0.15) is 0 Å². The number of hydrogen-bond acceptors (Lipinski definition) is 3. The van der Waals surface area contributed by atoms with Gasteiger partial charge in [-0.3, -0.25) is 0 Å². The number of ether oxygens (including phenoxy) is 1. The smallest absolute Gasteiger partial charge is 0.0931 e. The van der Waals surface area contributed by atoms with Crippen LogP contribution in [0.5, 0.6) is 0 Å². The molecule has 0 bridgehead atoms. The van der Waals surface area contributed by atoms with E-state index in [1.807, 2.05) is 6.07 Å². The highest BCUT2D eigenvalue weighted by Gasteiger charge is 2.47. The van der Waals surface area contributed by atoms with Crippen molar-refractivity contribution in [1.82, 2.24) is 9.97 Å². The van der Waals surface area contributed by atoms with E-state index < -0.39 is 0 Å². The number of fused-ring (bicyclic) bond motifs is 1. The number of aliphatic hydroxyl groups excluding tert-OH is 1. The van der Waals surface area contributed by atoms with Gasteiger partial charge in [-0.25, -0.2) is 4.98 Å². The van der Waals surface area contributed by atoms with E-state index in [-0.39, 0.29) is 17.9 Å². The average Bonchev–Trinajstić information content (AvgIpc) is 2.79. The van der Waals surface area contributed by atoms with E-state index >= 15 is 0 Å². The first-order valence-corrected chi connectivity index (χ1v) is 6.79. The zero-order valence-electron chi connectivity index (χ0n) is 11.4. The van der Waals surface area contributed by atoms with Crippen LogP contribution >= 0.6 is 0 Å². The predicted octanol–water partition coefficient (Wildman–Crippen LogP) is 2.10. The Morgan fingerprint density at radius 3 is 2.79 bits per heavy atom. The van der Waals surface area contributed by atoms with Crippen molar-refractivity contribution in [2.24, 2.45) is 11.8 Å². The summed E-state index contributed by atoms with van der Waals surface area (Å²) in [5.41, 5.74) is 3.21. The van der Waals surface area contributed by atoms with Gasteiger partial charge in [0.2, 0.25) is 0 Å². The lowest BCUT2D eigenvalue weighted by Gasteiger charge is -2.48. The van der Waals surface area contributed by atoms with Crippen molar-refractivity contribution in [2.75, 3.05) is 19.8 Å². The quantitative estimate of drug-likeness (QED) is 0.885. The van der Waals surface area contributed by atoms with Crippen LogP contribution in [0, 0.1) is 11.8 Å². The maximum Gasteiger partial charge on any atom is 0.0931 e. The average molecular weight is 260 g/mol. The minimum absolute atomic E-state index is 0.0534. The van der Waals surface area contributed by atoms with Gasteiger partial charge in [0.05, 0.1) is 30.6 Å². The summed E-state index contributed by atoms with van der Waals surface area (Å²) in [5.74, 6) is 0.646. The Morgan fingerprint density at radius 1 is 1.42 bits per heavy atom. The summed E-state index contributed by atoms with van der Waals surface area (Å²) in [6.07, 6.45) is 1.71. The van der Waals surface area contributed by atoms with Crippen molar-refractivity contribution < 1.29 is 9.84 Å². The monoisotopic (exact) mass is 260 g/mol. The molecule has 2 aromatic rings. The van der Waals surface area contributed by atoms with Crippen molar-refractivity contribution in [3.63, 3.8) is 0 Å². The van der Waals surface area contributed by atoms with Gasteiger partial charge in [-0.05, 0) is 29.5 Å². The number of hydrogen-bond donors (Lipinski definition) is 2. The van der Waals surface area contributed by atoms with Crippen LogP contribution < -0.4 is 0 Å². The molecule has 19 heavy (non-hydrogen) atoms. The Kier molecular flexibility index (Phi) is 3.07. The topological polar surface area (TPSA) is 58.1 Å². The normalized spacial score (nSPS) is 19.6. The molecule has 0 radical (unpaired) electrons. The molecule has 0 amide bonds. The molecule has 1 atom stereocenters. The second-order valence-electron chi connectivity index (χ2n) is 5.82. The van der Waals surface area contributed by atoms with Crippen LogP contribution in [0.4, 0.5) is 0 Å². The zero-order chi connectivity index (χ0) is 13.5. The van der Waals surface area contributed by atoms with Crippen molar-refractivity contribution in [3.05, 3.63) is 30.1 Å². The summed E-state index contributed by atoms with van der Waals surface area (Å²) in [4.78, 5) is 7.40. The molecular weight excluding hydrogens is 240 g/mol. The molecule has 2 N–H and O–H groups in total. The number of benzene rings is 1. The van der Waals surface area contributed by atoms with E-state index in [4.69, 9.17) is 4.74 Å². The molecule has 1 saturated heterocycles. The first-order chi connectivity index (χ1) is 9.17. The van der Waals surface area contributed by atoms with Crippen LogP contribution in [0.25, 0.3) is 11.0 Å². The Balaban J connectivity index is 2.05. The number of H-pyrrole nitrogens is 1. The van der Waals surface area contributed by atoms with Crippen molar-refractivity contribution in [3.8, 4) is 0 Å². The van der Waals surface area contributed by atoms with Crippen LogP contribution in [0.1, 0.15) is 19.4 Å². The Morgan fingerprint density at radius 2 is 2.21 bits per heavy atom. The lowest BCUT2D eigenvalue weighted by atomic mass is 9.65. The van der Waals surface area contributed by atoms with Crippen LogP contribution in [0.15, 0.2) is 24.5 Å². The van der Waals surface area contributed by atoms with Crippen molar-refractivity contribution in [1.29, 1.82) is 0 Å². The first kappa shape index (κ1) is 12.6. The number of aromatic nitrogens is 2. The number of aromatic amines is 1. The SMILES string of the molecule is CC(C)C(CO)C1(c2ccc3nc[nH]c3c2)COC1. The van der Waals surface area contributed by atoms with Gasteiger partial charge >= 0.3 is 0 Å². The summed E-state index contributed by atoms with van der Waals surface area (Å²) < 4.78 is 5.48. The standard InChI is InChI=1S/C15H20N2O2/c1-10(2)12(6-18)15(7-19-8-15)11-3-4-13-14(5-11)17-9-16-13/h3-5,9-10,12,18H,6-8H2,1-2H3,(H,16,17). The summed E-state index contributed by atoms with van der Waals surface area (Å²) in [5, 5.41) is 9.76. The molecule has 1 aliphatic rings. The lowest BCUT2D eigenvalue weighted by molar-refractivity contribution is -0.111. The van der Waals surface area contributed by atoms with E-state index in [0.717, 1.165) is 11.0 Å². The van der Waals surface area contributed by atoms with Gasteiger partial charge in [0.25, 0.3) is 0 Å². The van der Waals surface area contributed by atoms with Gasteiger partial charge < -0.3 is 14.8 Å². The maximum atomic E-state index is 9.76. The molecule has 1 fully saturated rings. The fourth-order valence-corrected chi connectivity index (χ4v) is 3.19. The highest BCUT2D eigenvalue weighted by molar-refractivity contribution is 5.75. The van der Waals surface area contributed by atoms with E-state index in [9.17, 15) is 5.11 Å². The number of nitrogens with one attached hydrogen (secondary N) is 1. The Bertz CT molecular complexity index is 572. The minimum Gasteiger partial charge on any atom is -0.396 e. The Hall–Kier alpha value is -1.39. The summed E-state index contributed by atoms with van der Waals surface area (Å²) in [6, 6.07) is 6.31. The molecule has 4 nitrogen and oxygen atoms in total. The van der Waals surface area contributed by atoms with Crippen LogP contribution in [-0.4, -0.2) is 34.9 Å². The molecule has 4 heteroatoms. The molecule has 2 heterocycles. The molecular formula is C15H20N2O2. The minimum atomic E-state index is -0.0534. The molecule has 1 unspecified atom stereocenters. The first-order valence-electron chi connectivity index (χ1n) is 6.79. The van der Waals surface area contributed by atoms with Crippen LogP contribution in [0.3, 0.4) is 0 Å². The van der Waals surface area contributed by atoms with E-state index in [1.165, 1.54) is 5.56 Å². The van der Waals surface area contributed by atoms with Gasteiger partial charge in [-0.15, -0.1) is 0 Å². The third kappa shape index (κ3) is 1.86. The second-order valence-corrected chi connectivity index (χ2v) is 5.82. The summed E-state index contributed by atoms with van der Waals surface area (Å²) >= 11 is 0. The largest absolute Gasteiger partial charge is 0.396 e. The second kappa shape index (κ2) is 4.62.